The number of nitrogens with one attached hydrogen (secondary N) is 1. The number of nitrogens with two attached hydrogens (primary N) is 1. The van der Waals surface area contributed by atoms with Crippen molar-refractivity contribution in [3.63, 3.8) is 0 Å². The van der Waals surface area contributed by atoms with E-state index in [1.807, 2.05) is 0 Å². The van der Waals surface area contributed by atoms with Crippen LogP contribution in [0.15, 0.2) is 29.4 Å². The van der Waals surface area contributed by atoms with Crippen molar-refractivity contribution in [1.29, 1.82) is 0 Å². The van der Waals surface area contributed by atoms with E-state index in [0.29, 0.717) is 28.8 Å². The van der Waals surface area contributed by atoms with Crippen LogP contribution >= 0.6 is 11.8 Å². The largest absolute Gasteiger partial charge is 0.336 e. The second kappa shape index (κ2) is 6.38. The van der Waals surface area contributed by atoms with Crippen molar-refractivity contribution < 1.29 is 9.18 Å². The molecule has 106 valence electrons. The van der Waals surface area contributed by atoms with Gasteiger partial charge in [-0.15, -0.1) is 10.2 Å². The molecule has 0 aliphatic carbocycles. The molecule has 0 saturated heterocycles. The van der Waals surface area contributed by atoms with E-state index in [9.17, 15) is 9.18 Å². The second-order valence-electron chi connectivity index (χ2n) is 4.05. The average Bonchev–Trinajstić information content (AvgIpc) is 2.73. The molecular weight excluding hydrogens is 281 g/mol. The number of nitrogen functional groups attached to an aromatic ring is 1. The van der Waals surface area contributed by atoms with E-state index in [1.165, 1.54) is 40.7 Å². The van der Waals surface area contributed by atoms with Gasteiger partial charge in [-0.25, -0.2) is 9.07 Å². The molecular formula is C12H14FN5OS. The molecule has 0 radical (unpaired) electrons. The molecule has 0 spiro atoms. The highest BCUT2D eigenvalue weighted by molar-refractivity contribution is 7.99. The molecule has 0 aliphatic heterocycles. The fourth-order valence-corrected chi connectivity index (χ4v) is 2.28. The van der Waals surface area contributed by atoms with Gasteiger partial charge in [-0.05, 0) is 31.2 Å². The van der Waals surface area contributed by atoms with E-state index >= 15 is 0 Å². The molecule has 1 aromatic heterocycles. The predicted molar refractivity (Wildman–Crippen MR) is 75.3 cm³/mol. The molecule has 1 amide bonds. The zero-order chi connectivity index (χ0) is 14.5. The van der Waals surface area contributed by atoms with Gasteiger partial charge in [-0.1, -0.05) is 11.8 Å². The lowest BCUT2D eigenvalue weighted by atomic mass is 10.3. The number of benzene rings is 1. The number of anilines is 1. The van der Waals surface area contributed by atoms with Crippen molar-refractivity contribution in [2.75, 3.05) is 16.9 Å². The lowest BCUT2D eigenvalue weighted by Crippen LogP contribution is -2.14. The maximum absolute atomic E-state index is 12.7. The Bertz CT molecular complexity index is 598. The van der Waals surface area contributed by atoms with Gasteiger partial charge in [0.15, 0.2) is 0 Å². The van der Waals surface area contributed by atoms with Gasteiger partial charge >= 0.3 is 0 Å². The summed E-state index contributed by atoms with van der Waals surface area (Å²) in [4.78, 5) is 11.7. The van der Waals surface area contributed by atoms with Gasteiger partial charge < -0.3 is 11.2 Å². The summed E-state index contributed by atoms with van der Waals surface area (Å²) in [6, 6.07) is 5.62. The van der Waals surface area contributed by atoms with E-state index in [-0.39, 0.29) is 11.7 Å². The molecule has 2 rings (SSSR count). The van der Waals surface area contributed by atoms with Crippen LogP contribution < -0.4 is 11.2 Å². The smallest absolute Gasteiger partial charge is 0.225 e. The number of nitrogens with zero attached hydrogens (tertiary/aromatic N) is 3. The van der Waals surface area contributed by atoms with Crippen LogP contribution in [0.3, 0.4) is 0 Å². The molecule has 3 N–H and O–H groups in total. The SMILES string of the molecule is Cc1nnc(SCCC(=O)Nc2ccc(F)cc2)n1N. The normalized spacial score (nSPS) is 10.5. The van der Waals surface area contributed by atoms with E-state index in [1.54, 1.807) is 6.92 Å². The Morgan fingerprint density at radius 3 is 2.70 bits per heavy atom. The maximum atomic E-state index is 12.7. The number of thioether (sulfide) groups is 1. The van der Waals surface area contributed by atoms with Crippen molar-refractivity contribution in [3.05, 3.63) is 35.9 Å². The van der Waals surface area contributed by atoms with Gasteiger partial charge in [-0.2, -0.15) is 0 Å². The van der Waals surface area contributed by atoms with E-state index in [4.69, 9.17) is 5.84 Å². The number of hydrogen-bond acceptors (Lipinski definition) is 5. The van der Waals surface area contributed by atoms with Crippen LogP contribution in [0.2, 0.25) is 0 Å². The Balaban J connectivity index is 1.78. The van der Waals surface area contributed by atoms with Crippen molar-refractivity contribution >= 4 is 23.4 Å². The topological polar surface area (TPSA) is 85.8 Å². The number of amides is 1. The summed E-state index contributed by atoms with van der Waals surface area (Å²) < 4.78 is 14.1. The lowest BCUT2D eigenvalue weighted by molar-refractivity contribution is -0.115. The van der Waals surface area contributed by atoms with E-state index in [2.05, 4.69) is 15.5 Å². The quantitative estimate of drug-likeness (QED) is 0.646. The van der Waals surface area contributed by atoms with E-state index in [0.717, 1.165) is 0 Å². The molecule has 6 nitrogen and oxygen atoms in total. The summed E-state index contributed by atoms with van der Waals surface area (Å²) in [5.41, 5.74) is 0.569. The Morgan fingerprint density at radius 2 is 2.10 bits per heavy atom. The average molecular weight is 295 g/mol. The molecule has 20 heavy (non-hydrogen) atoms. The van der Waals surface area contributed by atoms with Crippen molar-refractivity contribution in [1.82, 2.24) is 14.9 Å². The van der Waals surface area contributed by atoms with Crippen LogP contribution in [0.1, 0.15) is 12.2 Å². The first-order valence-corrected chi connectivity index (χ1v) is 6.90. The third-order valence-electron chi connectivity index (χ3n) is 2.52. The summed E-state index contributed by atoms with van der Waals surface area (Å²) >= 11 is 1.35. The first-order valence-electron chi connectivity index (χ1n) is 5.91. The molecule has 1 heterocycles. The third-order valence-corrected chi connectivity index (χ3v) is 3.47. The standard InChI is InChI=1S/C12H14FN5OS/c1-8-16-17-12(18(8)14)20-7-6-11(19)15-10-4-2-9(13)3-5-10/h2-5H,6-7,14H2,1H3,(H,15,19). The summed E-state index contributed by atoms with van der Waals surface area (Å²) in [6.07, 6.45) is 0.300. The Hall–Kier alpha value is -2.09. The summed E-state index contributed by atoms with van der Waals surface area (Å²) in [5.74, 6) is 6.35. The van der Waals surface area contributed by atoms with Crippen LogP contribution in [0.5, 0.6) is 0 Å². The Morgan fingerprint density at radius 1 is 1.40 bits per heavy atom. The first-order chi connectivity index (χ1) is 9.56. The third kappa shape index (κ3) is 3.70. The Kier molecular flexibility index (Phi) is 4.57. The molecule has 0 atom stereocenters. The van der Waals surface area contributed by atoms with Gasteiger partial charge in [0.1, 0.15) is 11.6 Å². The fraction of sp³-hybridized carbons (Fsp3) is 0.250. The highest BCUT2D eigenvalue weighted by Crippen LogP contribution is 2.16. The summed E-state index contributed by atoms with van der Waals surface area (Å²) in [5, 5.41) is 11.0. The van der Waals surface area contributed by atoms with Crippen molar-refractivity contribution in [2.24, 2.45) is 0 Å². The minimum absolute atomic E-state index is 0.149. The number of halogens is 1. The van der Waals surface area contributed by atoms with Crippen molar-refractivity contribution in [2.45, 2.75) is 18.5 Å². The van der Waals surface area contributed by atoms with Crippen LogP contribution in [0.4, 0.5) is 10.1 Å². The fourth-order valence-electron chi connectivity index (χ4n) is 1.44. The van der Waals surface area contributed by atoms with Crippen LogP contribution in [-0.2, 0) is 4.79 Å². The van der Waals surface area contributed by atoms with E-state index < -0.39 is 0 Å². The molecule has 0 unspecified atom stereocenters. The Labute approximate surface area is 119 Å². The summed E-state index contributed by atoms with van der Waals surface area (Å²) in [6.45, 7) is 1.75. The van der Waals surface area contributed by atoms with Gasteiger partial charge in [0.25, 0.3) is 0 Å². The lowest BCUT2D eigenvalue weighted by Gasteiger charge is -2.05. The first kappa shape index (κ1) is 14.3. The predicted octanol–water partition coefficient (Wildman–Crippen LogP) is 1.56. The van der Waals surface area contributed by atoms with Gasteiger partial charge in [0, 0.05) is 17.9 Å². The second-order valence-corrected chi connectivity index (χ2v) is 5.12. The molecule has 0 bridgehead atoms. The van der Waals surface area contributed by atoms with Crippen LogP contribution in [0.25, 0.3) is 0 Å². The molecule has 0 saturated carbocycles. The highest BCUT2D eigenvalue weighted by Gasteiger charge is 2.08. The molecule has 0 fully saturated rings. The number of rotatable bonds is 5. The zero-order valence-corrected chi connectivity index (χ0v) is 11.7. The van der Waals surface area contributed by atoms with Crippen LogP contribution in [-0.4, -0.2) is 26.5 Å². The number of carbonyl (C=O) groups is 1. The number of carbonyl (C=O) groups excluding carboxylic acids is 1. The molecule has 1 aromatic carbocycles. The van der Waals surface area contributed by atoms with Gasteiger partial charge in [0.2, 0.25) is 11.1 Å². The maximum Gasteiger partial charge on any atom is 0.225 e. The number of aryl methyl sites for hydroxylation is 1. The molecule has 8 heteroatoms. The molecule has 2 aromatic rings. The minimum Gasteiger partial charge on any atom is -0.336 e. The number of aromatic nitrogens is 3. The summed E-state index contributed by atoms with van der Waals surface area (Å²) in [7, 11) is 0. The molecule has 0 aliphatic rings. The van der Waals surface area contributed by atoms with Gasteiger partial charge in [0.05, 0.1) is 0 Å². The van der Waals surface area contributed by atoms with Gasteiger partial charge in [-0.3, -0.25) is 4.79 Å². The van der Waals surface area contributed by atoms with Crippen LogP contribution in [0, 0.1) is 12.7 Å². The minimum atomic E-state index is -0.337. The highest BCUT2D eigenvalue weighted by atomic mass is 32.2. The van der Waals surface area contributed by atoms with Crippen molar-refractivity contribution in [3.8, 4) is 0 Å². The zero-order valence-electron chi connectivity index (χ0n) is 10.8. The monoisotopic (exact) mass is 295 g/mol. The number of hydrogen-bond donors (Lipinski definition) is 2.